The smallest absolute Gasteiger partial charge is 0.0634 e. The number of hydrogen-bond donors (Lipinski definition) is 2. The predicted octanol–water partition coefficient (Wildman–Crippen LogP) is -0.229. The molecule has 1 aliphatic heterocycles. The lowest BCUT2D eigenvalue weighted by molar-refractivity contribution is 0.128. The van der Waals surface area contributed by atoms with Crippen LogP contribution in [0.1, 0.15) is 6.92 Å². The van der Waals surface area contributed by atoms with E-state index in [0.29, 0.717) is 0 Å². The molecule has 1 heterocycles. The monoisotopic (exact) mass is 156 g/mol. The molecule has 0 spiro atoms. The van der Waals surface area contributed by atoms with Crippen molar-refractivity contribution in [2.24, 2.45) is 11.7 Å². The van der Waals surface area contributed by atoms with Crippen molar-refractivity contribution < 1.29 is 5.11 Å². The molecule has 64 valence electrons. The van der Waals surface area contributed by atoms with E-state index in [9.17, 15) is 0 Å². The van der Waals surface area contributed by atoms with Crippen molar-refractivity contribution in [2.75, 3.05) is 20.2 Å². The summed E-state index contributed by atoms with van der Waals surface area (Å²) in [6.07, 6.45) is 4.03. The van der Waals surface area contributed by atoms with Crippen molar-refractivity contribution >= 4 is 0 Å². The molecule has 2 unspecified atom stereocenters. The lowest BCUT2D eigenvalue weighted by Crippen LogP contribution is -2.57. The van der Waals surface area contributed by atoms with Crippen LogP contribution in [0.25, 0.3) is 0 Å². The maximum Gasteiger partial charge on any atom is 0.0634 e. The summed E-state index contributed by atoms with van der Waals surface area (Å²) in [4.78, 5) is 2.00. The van der Waals surface area contributed by atoms with Crippen LogP contribution in [0.4, 0.5) is 0 Å². The number of likely N-dealkylation sites (N-methyl/N-ethyl adjacent to an activating group) is 1. The Balaban J connectivity index is 2.74. The number of nitrogens with zero attached hydrogens (tertiary/aromatic N) is 1. The van der Waals surface area contributed by atoms with Crippen molar-refractivity contribution in [1.29, 1.82) is 0 Å². The summed E-state index contributed by atoms with van der Waals surface area (Å²) in [6.45, 7) is 2.80. The van der Waals surface area contributed by atoms with Crippen molar-refractivity contribution in [3.63, 3.8) is 0 Å². The standard InChI is InChI=1S/C8H16N2O/c1-7-3-4-10(2)5-8(7,9)6-11/h3-4,7,11H,5-6,9H2,1-2H3. The van der Waals surface area contributed by atoms with Crippen molar-refractivity contribution in [2.45, 2.75) is 12.5 Å². The molecule has 0 aromatic carbocycles. The minimum Gasteiger partial charge on any atom is -0.394 e. The third-order valence-corrected chi connectivity index (χ3v) is 2.37. The van der Waals surface area contributed by atoms with Crippen LogP contribution >= 0.6 is 0 Å². The highest BCUT2D eigenvalue weighted by Crippen LogP contribution is 2.20. The summed E-state index contributed by atoms with van der Waals surface area (Å²) >= 11 is 0. The Morgan fingerprint density at radius 3 is 2.91 bits per heavy atom. The van der Waals surface area contributed by atoms with Gasteiger partial charge in [-0.15, -0.1) is 0 Å². The van der Waals surface area contributed by atoms with Crippen LogP contribution in [-0.2, 0) is 0 Å². The Hall–Kier alpha value is -0.540. The van der Waals surface area contributed by atoms with Gasteiger partial charge in [0.15, 0.2) is 0 Å². The van der Waals surface area contributed by atoms with Gasteiger partial charge in [0.1, 0.15) is 0 Å². The molecule has 2 atom stereocenters. The van der Waals surface area contributed by atoms with Gasteiger partial charge < -0.3 is 15.7 Å². The highest BCUT2D eigenvalue weighted by molar-refractivity contribution is 5.06. The summed E-state index contributed by atoms with van der Waals surface area (Å²) < 4.78 is 0. The first kappa shape index (κ1) is 8.56. The summed E-state index contributed by atoms with van der Waals surface area (Å²) in [5, 5.41) is 9.05. The van der Waals surface area contributed by atoms with E-state index in [2.05, 4.69) is 0 Å². The molecule has 0 radical (unpaired) electrons. The van der Waals surface area contributed by atoms with Crippen LogP contribution < -0.4 is 5.73 Å². The van der Waals surface area contributed by atoms with E-state index in [1.165, 1.54) is 0 Å². The van der Waals surface area contributed by atoms with E-state index in [0.717, 1.165) is 6.54 Å². The molecule has 0 aromatic rings. The van der Waals surface area contributed by atoms with E-state index in [1.807, 2.05) is 31.1 Å². The van der Waals surface area contributed by atoms with Gasteiger partial charge in [-0.3, -0.25) is 0 Å². The molecule has 0 aromatic heterocycles. The van der Waals surface area contributed by atoms with Crippen LogP contribution in [0.3, 0.4) is 0 Å². The van der Waals surface area contributed by atoms with Crippen molar-refractivity contribution in [3.8, 4) is 0 Å². The average Bonchev–Trinajstić information content (AvgIpc) is 1.98. The molecule has 0 saturated heterocycles. The van der Waals surface area contributed by atoms with Gasteiger partial charge in [0.05, 0.1) is 12.1 Å². The largest absolute Gasteiger partial charge is 0.394 e. The third kappa shape index (κ3) is 1.54. The second-order valence-corrected chi connectivity index (χ2v) is 3.44. The van der Waals surface area contributed by atoms with Crippen LogP contribution in [0.15, 0.2) is 12.3 Å². The van der Waals surface area contributed by atoms with E-state index >= 15 is 0 Å². The minimum atomic E-state index is -0.455. The van der Waals surface area contributed by atoms with Gasteiger partial charge in [0.2, 0.25) is 0 Å². The molecule has 0 bridgehead atoms. The average molecular weight is 156 g/mol. The molecular formula is C8H16N2O. The molecule has 1 rings (SSSR count). The van der Waals surface area contributed by atoms with Gasteiger partial charge in [0, 0.05) is 13.6 Å². The van der Waals surface area contributed by atoms with E-state index in [4.69, 9.17) is 10.8 Å². The first-order chi connectivity index (χ1) is 5.08. The highest BCUT2D eigenvalue weighted by atomic mass is 16.3. The Bertz CT molecular complexity index is 169. The van der Waals surface area contributed by atoms with Crippen molar-refractivity contribution in [1.82, 2.24) is 4.90 Å². The first-order valence-corrected chi connectivity index (χ1v) is 3.87. The second kappa shape index (κ2) is 2.83. The Morgan fingerprint density at radius 1 is 1.82 bits per heavy atom. The summed E-state index contributed by atoms with van der Waals surface area (Å²) in [5.41, 5.74) is 5.49. The molecule has 1 aliphatic rings. The first-order valence-electron chi connectivity index (χ1n) is 3.87. The van der Waals surface area contributed by atoms with Gasteiger partial charge >= 0.3 is 0 Å². The zero-order chi connectivity index (χ0) is 8.48. The molecule has 3 heteroatoms. The number of aliphatic hydroxyl groups excluding tert-OH is 1. The van der Waals surface area contributed by atoms with Crippen molar-refractivity contribution in [3.05, 3.63) is 12.3 Å². The summed E-state index contributed by atoms with van der Waals surface area (Å²) in [7, 11) is 1.96. The number of nitrogens with two attached hydrogens (primary N) is 1. The van der Waals surface area contributed by atoms with Crippen LogP contribution in [0.5, 0.6) is 0 Å². The van der Waals surface area contributed by atoms with Gasteiger partial charge in [-0.05, 0) is 12.1 Å². The molecule has 0 amide bonds. The van der Waals surface area contributed by atoms with Gasteiger partial charge in [-0.25, -0.2) is 0 Å². The van der Waals surface area contributed by atoms with E-state index in [-0.39, 0.29) is 12.5 Å². The minimum absolute atomic E-state index is 0.0445. The summed E-state index contributed by atoms with van der Waals surface area (Å²) in [5.74, 6) is 0.253. The topological polar surface area (TPSA) is 49.5 Å². The van der Waals surface area contributed by atoms with E-state index in [1.54, 1.807) is 0 Å². The highest BCUT2D eigenvalue weighted by Gasteiger charge is 2.32. The van der Waals surface area contributed by atoms with Crippen LogP contribution in [0.2, 0.25) is 0 Å². The molecule has 0 saturated carbocycles. The molecule has 0 aliphatic carbocycles. The molecule has 11 heavy (non-hydrogen) atoms. The SMILES string of the molecule is CC1C=CN(C)CC1(N)CO. The van der Waals surface area contributed by atoms with Gasteiger partial charge in [0.25, 0.3) is 0 Å². The van der Waals surface area contributed by atoms with Gasteiger partial charge in [-0.1, -0.05) is 13.0 Å². The number of rotatable bonds is 1. The quantitative estimate of drug-likeness (QED) is 0.551. The lowest BCUT2D eigenvalue weighted by Gasteiger charge is -2.39. The lowest BCUT2D eigenvalue weighted by atomic mass is 9.84. The number of hydrogen-bond acceptors (Lipinski definition) is 3. The predicted molar refractivity (Wildman–Crippen MR) is 44.9 cm³/mol. The number of aliphatic hydroxyl groups is 1. The molecule has 0 fully saturated rings. The fourth-order valence-corrected chi connectivity index (χ4v) is 1.32. The fraction of sp³-hybridized carbons (Fsp3) is 0.750. The van der Waals surface area contributed by atoms with Crippen LogP contribution in [-0.4, -0.2) is 35.7 Å². The van der Waals surface area contributed by atoms with Gasteiger partial charge in [-0.2, -0.15) is 0 Å². The third-order valence-electron chi connectivity index (χ3n) is 2.37. The van der Waals surface area contributed by atoms with E-state index < -0.39 is 5.54 Å². The maximum atomic E-state index is 9.05. The molecule has 3 nitrogen and oxygen atoms in total. The van der Waals surface area contributed by atoms with Crippen LogP contribution in [0, 0.1) is 5.92 Å². The Kier molecular flexibility index (Phi) is 2.20. The normalized spacial score (nSPS) is 37.8. The zero-order valence-electron chi connectivity index (χ0n) is 7.12. The fourth-order valence-electron chi connectivity index (χ4n) is 1.32. The summed E-state index contributed by atoms with van der Waals surface area (Å²) in [6, 6.07) is 0. The molecular weight excluding hydrogens is 140 g/mol. The maximum absolute atomic E-state index is 9.05. The Morgan fingerprint density at radius 2 is 2.45 bits per heavy atom. The Labute approximate surface area is 67.5 Å². The zero-order valence-corrected chi connectivity index (χ0v) is 7.12. The molecule has 3 N–H and O–H groups in total. The second-order valence-electron chi connectivity index (χ2n) is 3.44.